The zero-order chi connectivity index (χ0) is 25.4. The van der Waals surface area contributed by atoms with Crippen LogP contribution in [0.1, 0.15) is 24.0 Å². The minimum atomic E-state index is -0.948. The highest BCUT2D eigenvalue weighted by Crippen LogP contribution is 2.48. The van der Waals surface area contributed by atoms with E-state index in [1.807, 2.05) is 0 Å². The first kappa shape index (κ1) is 23.0. The van der Waals surface area contributed by atoms with Gasteiger partial charge in [0.25, 0.3) is 5.88 Å². The van der Waals surface area contributed by atoms with Crippen LogP contribution in [0.3, 0.4) is 0 Å². The summed E-state index contributed by atoms with van der Waals surface area (Å²) in [6.07, 6.45) is 4.49. The maximum absolute atomic E-state index is 13.2. The molecular formula is C28H22FN3O5. The number of benzene rings is 1. The van der Waals surface area contributed by atoms with Crippen molar-refractivity contribution in [3.8, 4) is 23.3 Å². The molecule has 8 nitrogen and oxygen atoms in total. The van der Waals surface area contributed by atoms with Crippen LogP contribution < -0.4 is 14.2 Å². The number of nitrogens with zero attached hydrogens (tertiary/aromatic N) is 3. The molecule has 0 spiro atoms. The lowest BCUT2D eigenvalue weighted by Gasteiger charge is -2.18. The Kier molecular flexibility index (Phi) is 5.75. The summed E-state index contributed by atoms with van der Waals surface area (Å²) in [6.45, 7) is 0.876. The summed E-state index contributed by atoms with van der Waals surface area (Å²) in [6, 6.07) is 12.7. The third kappa shape index (κ3) is 4.60. The number of Topliss-reactive ketones (excluding diaryl/α,β-unsaturated/α-hetero) is 2. The lowest BCUT2D eigenvalue weighted by Crippen LogP contribution is -2.28. The largest absolute Gasteiger partial charge is 0.484 e. The molecule has 0 atom stereocenters. The minimum absolute atomic E-state index is 0.103. The number of aromatic nitrogens is 3. The summed E-state index contributed by atoms with van der Waals surface area (Å²) < 4.78 is 30.3. The molecule has 0 amide bonds. The van der Waals surface area contributed by atoms with E-state index in [2.05, 4.69) is 15.0 Å². The zero-order valence-electron chi connectivity index (χ0n) is 19.8. The van der Waals surface area contributed by atoms with E-state index in [1.54, 1.807) is 48.8 Å². The quantitative estimate of drug-likeness (QED) is 0.328. The number of fused-ring (bicyclic) bond motifs is 2. The molecule has 1 aromatic carbocycles. The molecule has 1 saturated carbocycles. The third-order valence-corrected chi connectivity index (χ3v) is 6.66. The Bertz CT molecular complexity index is 1500. The van der Waals surface area contributed by atoms with Gasteiger partial charge in [-0.25, -0.2) is 14.4 Å². The minimum Gasteiger partial charge on any atom is -0.484 e. The summed E-state index contributed by atoms with van der Waals surface area (Å²) in [7, 11) is 0. The van der Waals surface area contributed by atoms with Crippen molar-refractivity contribution in [2.75, 3.05) is 13.2 Å². The van der Waals surface area contributed by atoms with Crippen molar-refractivity contribution in [3.05, 3.63) is 77.9 Å². The average molecular weight is 499 g/mol. The molecule has 3 aromatic heterocycles. The smallest absolute Gasteiger partial charge is 0.257 e. The van der Waals surface area contributed by atoms with Gasteiger partial charge in [0.15, 0.2) is 23.1 Å². The fourth-order valence-corrected chi connectivity index (χ4v) is 4.43. The van der Waals surface area contributed by atoms with Crippen molar-refractivity contribution in [2.24, 2.45) is 5.41 Å². The van der Waals surface area contributed by atoms with Gasteiger partial charge in [-0.1, -0.05) is 18.2 Å². The number of pyridine rings is 3. The molecule has 0 radical (unpaired) electrons. The number of carbonyl (C=O) groups is 2. The van der Waals surface area contributed by atoms with Gasteiger partial charge in [-0.3, -0.25) is 14.6 Å². The molecule has 0 bridgehead atoms. The lowest BCUT2D eigenvalue weighted by molar-refractivity contribution is -0.133. The van der Waals surface area contributed by atoms with Crippen LogP contribution in [0.25, 0.3) is 11.0 Å². The van der Waals surface area contributed by atoms with Gasteiger partial charge < -0.3 is 14.2 Å². The van der Waals surface area contributed by atoms with Gasteiger partial charge in [-0.2, -0.15) is 0 Å². The van der Waals surface area contributed by atoms with Gasteiger partial charge in [0.2, 0.25) is 5.88 Å². The predicted octanol–water partition coefficient (Wildman–Crippen LogP) is 4.43. The summed E-state index contributed by atoms with van der Waals surface area (Å²) in [5.74, 6) is 1.12. The summed E-state index contributed by atoms with van der Waals surface area (Å²) in [4.78, 5) is 39.1. The molecule has 4 aromatic rings. The Labute approximate surface area is 211 Å². The molecule has 37 heavy (non-hydrogen) atoms. The number of carbonyl (C=O) groups excluding carboxylic acids is 2. The molecule has 1 aliphatic carbocycles. The van der Waals surface area contributed by atoms with Crippen molar-refractivity contribution < 1.29 is 28.2 Å². The molecule has 0 unspecified atom stereocenters. The maximum Gasteiger partial charge on any atom is 0.257 e. The van der Waals surface area contributed by atoms with E-state index in [-0.39, 0.29) is 30.2 Å². The fourth-order valence-electron chi connectivity index (χ4n) is 4.43. The van der Waals surface area contributed by atoms with E-state index in [0.29, 0.717) is 71.5 Å². The highest BCUT2D eigenvalue weighted by atomic mass is 19.1. The van der Waals surface area contributed by atoms with Crippen LogP contribution in [-0.2, 0) is 22.4 Å². The second-order valence-electron chi connectivity index (χ2n) is 9.18. The second kappa shape index (κ2) is 9.24. The van der Waals surface area contributed by atoms with Gasteiger partial charge in [-0.15, -0.1) is 0 Å². The van der Waals surface area contributed by atoms with E-state index in [4.69, 9.17) is 14.2 Å². The Morgan fingerprint density at radius 3 is 2.38 bits per heavy atom. The number of hydrogen-bond acceptors (Lipinski definition) is 8. The van der Waals surface area contributed by atoms with Gasteiger partial charge in [0.1, 0.15) is 24.5 Å². The van der Waals surface area contributed by atoms with Crippen LogP contribution in [0.2, 0.25) is 0 Å². The molecular weight excluding hydrogens is 477 g/mol. The molecule has 0 N–H and O–H groups in total. The van der Waals surface area contributed by atoms with E-state index in [0.717, 1.165) is 0 Å². The summed E-state index contributed by atoms with van der Waals surface area (Å²) >= 11 is 0. The van der Waals surface area contributed by atoms with Crippen LogP contribution >= 0.6 is 0 Å². The maximum atomic E-state index is 13.2. The molecule has 6 rings (SSSR count). The van der Waals surface area contributed by atoms with Crippen molar-refractivity contribution in [1.29, 1.82) is 0 Å². The van der Waals surface area contributed by atoms with E-state index >= 15 is 0 Å². The topological polar surface area (TPSA) is 101 Å². The third-order valence-electron chi connectivity index (χ3n) is 6.66. The normalized spacial score (nSPS) is 15.3. The van der Waals surface area contributed by atoms with Crippen LogP contribution in [0.5, 0.6) is 23.3 Å². The van der Waals surface area contributed by atoms with Crippen LogP contribution in [-0.4, -0.2) is 39.7 Å². The number of ether oxygens (including phenoxy) is 3. The first-order valence-electron chi connectivity index (χ1n) is 12.0. The van der Waals surface area contributed by atoms with Crippen molar-refractivity contribution in [1.82, 2.24) is 15.0 Å². The zero-order valence-corrected chi connectivity index (χ0v) is 19.8. The molecule has 2 aliphatic rings. The van der Waals surface area contributed by atoms with Crippen LogP contribution in [0, 0.1) is 11.2 Å². The van der Waals surface area contributed by atoms with E-state index in [9.17, 15) is 14.0 Å². The average Bonchev–Trinajstić information content (AvgIpc) is 3.73. The lowest BCUT2D eigenvalue weighted by atomic mass is 9.88. The molecule has 4 heterocycles. The predicted molar refractivity (Wildman–Crippen MR) is 130 cm³/mol. The molecule has 0 saturated heterocycles. The monoisotopic (exact) mass is 499 g/mol. The number of halogens is 1. The Balaban J connectivity index is 1.14. The number of rotatable bonds is 8. The first-order valence-corrected chi connectivity index (χ1v) is 12.0. The van der Waals surface area contributed by atoms with E-state index in [1.165, 1.54) is 12.1 Å². The van der Waals surface area contributed by atoms with Crippen molar-refractivity contribution >= 4 is 22.6 Å². The van der Waals surface area contributed by atoms with Gasteiger partial charge in [-0.05, 0) is 36.1 Å². The second-order valence-corrected chi connectivity index (χ2v) is 9.18. The Morgan fingerprint density at radius 1 is 0.919 bits per heavy atom. The van der Waals surface area contributed by atoms with Crippen LogP contribution in [0.15, 0.2) is 60.9 Å². The number of hydrogen-bond donors (Lipinski definition) is 0. The van der Waals surface area contributed by atoms with Crippen LogP contribution in [0.4, 0.5) is 4.39 Å². The first-order chi connectivity index (χ1) is 18.0. The van der Waals surface area contributed by atoms with Gasteiger partial charge in [0, 0.05) is 43.4 Å². The van der Waals surface area contributed by atoms with Gasteiger partial charge in [0.05, 0.1) is 10.9 Å². The molecule has 9 heteroatoms. The van der Waals surface area contributed by atoms with Crippen molar-refractivity contribution in [3.63, 3.8) is 0 Å². The molecule has 1 fully saturated rings. The summed E-state index contributed by atoms with van der Waals surface area (Å²) in [5, 5.41) is 0. The highest BCUT2D eigenvalue weighted by molar-refractivity contribution is 6.10. The van der Waals surface area contributed by atoms with E-state index < -0.39 is 5.41 Å². The standard InChI is InChI=1S/C28H22FN3O5/c29-19-4-1-17(2-5-19)13-23(33)28(8-9-28)24(34)14-18-3-6-25(31-16-18)37-21-7-10-30-20-15-22-27(32-26(20)21)36-12-11-35-22/h1-7,10,15-16H,8-9,11-14H2. The Hall–Kier alpha value is -4.40. The molecule has 1 aliphatic heterocycles. The molecule has 186 valence electrons. The number of ketones is 2. The summed E-state index contributed by atoms with van der Waals surface area (Å²) in [5.41, 5.74) is 1.56. The fraction of sp³-hybridized carbons (Fsp3) is 0.250. The highest BCUT2D eigenvalue weighted by Gasteiger charge is 2.54. The van der Waals surface area contributed by atoms with Gasteiger partial charge >= 0.3 is 0 Å². The Morgan fingerprint density at radius 2 is 1.65 bits per heavy atom. The SMILES string of the molecule is O=C(Cc1ccc(F)cc1)C1(C(=O)Cc2ccc(Oc3ccnc4cc5c(nc34)OCCO5)nc2)CC1. The van der Waals surface area contributed by atoms with Crippen molar-refractivity contribution in [2.45, 2.75) is 25.7 Å².